The van der Waals surface area contributed by atoms with Crippen LogP contribution in [-0.4, -0.2) is 14.7 Å². The van der Waals surface area contributed by atoms with Gasteiger partial charge in [-0.2, -0.15) is 0 Å². The molecule has 0 aliphatic rings. The van der Waals surface area contributed by atoms with E-state index in [1.54, 1.807) is 30.3 Å². The summed E-state index contributed by atoms with van der Waals surface area (Å²) in [7, 11) is -3.64. The van der Waals surface area contributed by atoms with Crippen molar-refractivity contribution in [2.24, 2.45) is 0 Å². The Hall–Kier alpha value is -1.66. The second-order valence-corrected chi connectivity index (χ2v) is 6.40. The molecule has 2 rings (SSSR count). The van der Waals surface area contributed by atoms with Gasteiger partial charge in [0.1, 0.15) is 6.29 Å². The summed E-state index contributed by atoms with van der Waals surface area (Å²) in [6, 6.07) is 12.6. The van der Waals surface area contributed by atoms with E-state index in [0.717, 1.165) is 4.47 Å². The third-order valence-corrected chi connectivity index (χ3v) is 4.32. The van der Waals surface area contributed by atoms with Gasteiger partial charge in [-0.05, 0) is 36.4 Å². The van der Waals surface area contributed by atoms with Crippen molar-refractivity contribution >= 4 is 37.9 Å². The first-order valence-corrected chi connectivity index (χ1v) is 7.62. The number of halogens is 1. The summed E-state index contributed by atoms with van der Waals surface area (Å²) >= 11 is 3.24. The highest BCUT2D eigenvalue weighted by Crippen LogP contribution is 2.18. The molecule has 0 fully saturated rings. The van der Waals surface area contributed by atoms with Crippen molar-refractivity contribution in [1.29, 1.82) is 0 Å². The van der Waals surface area contributed by atoms with Gasteiger partial charge >= 0.3 is 0 Å². The molecule has 0 amide bonds. The maximum atomic E-state index is 12.1. The van der Waals surface area contributed by atoms with Gasteiger partial charge < -0.3 is 0 Å². The van der Waals surface area contributed by atoms with Crippen molar-refractivity contribution in [3.8, 4) is 0 Å². The predicted molar refractivity (Wildman–Crippen MR) is 76.8 cm³/mol. The molecule has 0 heterocycles. The molecule has 4 nitrogen and oxygen atoms in total. The van der Waals surface area contributed by atoms with Crippen molar-refractivity contribution in [1.82, 2.24) is 0 Å². The Morgan fingerprint density at radius 2 is 1.74 bits per heavy atom. The Morgan fingerprint density at radius 1 is 1.05 bits per heavy atom. The van der Waals surface area contributed by atoms with Crippen molar-refractivity contribution < 1.29 is 13.2 Å². The van der Waals surface area contributed by atoms with E-state index < -0.39 is 10.0 Å². The van der Waals surface area contributed by atoms with Crippen LogP contribution in [0.2, 0.25) is 0 Å². The molecule has 0 aliphatic carbocycles. The summed E-state index contributed by atoms with van der Waals surface area (Å²) in [6.45, 7) is 0. The Labute approximate surface area is 119 Å². The smallest absolute Gasteiger partial charge is 0.261 e. The minimum Gasteiger partial charge on any atom is -0.298 e. The molecule has 0 aliphatic heterocycles. The lowest BCUT2D eigenvalue weighted by atomic mass is 10.2. The number of sulfonamides is 1. The van der Waals surface area contributed by atoms with Gasteiger partial charge in [0.05, 0.1) is 4.90 Å². The summed E-state index contributed by atoms with van der Waals surface area (Å²) in [4.78, 5) is 10.8. The van der Waals surface area contributed by atoms with Crippen LogP contribution < -0.4 is 4.72 Å². The number of aldehydes is 1. The van der Waals surface area contributed by atoms with Gasteiger partial charge in [0, 0.05) is 15.7 Å². The molecule has 0 saturated heterocycles. The molecule has 0 saturated carbocycles. The molecular weight excluding hydrogens is 330 g/mol. The van der Waals surface area contributed by atoms with E-state index in [1.807, 2.05) is 0 Å². The Kier molecular flexibility index (Phi) is 4.01. The standard InChI is InChI=1S/C13H10BrNO3S/c14-11-4-6-13(7-5-11)19(17,18)15-12-3-1-2-10(8-12)9-16/h1-9,15H. The van der Waals surface area contributed by atoms with Crippen molar-refractivity contribution in [3.63, 3.8) is 0 Å². The van der Waals surface area contributed by atoms with E-state index in [9.17, 15) is 13.2 Å². The van der Waals surface area contributed by atoms with Crippen molar-refractivity contribution in [2.75, 3.05) is 4.72 Å². The van der Waals surface area contributed by atoms with Crippen LogP contribution in [0.5, 0.6) is 0 Å². The molecule has 19 heavy (non-hydrogen) atoms. The SMILES string of the molecule is O=Cc1cccc(NS(=O)(=O)c2ccc(Br)cc2)c1. The van der Waals surface area contributed by atoms with E-state index in [0.29, 0.717) is 17.5 Å². The number of anilines is 1. The van der Waals surface area contributed by atoms with E-state index in [-0.39, 0.29) is 4.90 Å². The van der Waals surface area contributed by atoms with Crippen LogP contribution in [0, 0.1) is 0 Å². The molecule has 0 spiro atoms. The fourth-order valence-electron chi connectivity index (χ4n) is 1.50. The van der Waals surface area contributed by atoms with Crippen molar-refractivity contribution in [2.45, 2.75) is 4.90 Å². The van der Waals surface area contributed by atoms with Crippen LogP contribution in [0.3, 0.4) is 0 Å². The van der Waals surface area contributed by atoms with Gasteiger partial charge in [-0.15, -0.1) is 0 Å². The lowest BCUT2D eigenvalue weighted by molar-refractivity contribution is 0.112. The van der Waals surface area contributed by atoms with E-state index in [1.165, 1.54) is 18.2 Å². The minimum atomic E-state index is -3.64. The number of hydrogen-bond donors (Lipinski definition) is 1. The minimum absolute atomic E-state index is 0.159. The summed E-state index contributed by atoms with van der Waals surface area (Å²) in [5.74, 6) is 0. The van der Waals surface area contributed by atoms with Crippen LogP contribution >= 0.6 is 15.9 Å². The van der Waals surface area contributed by atoms with Gasteiger partial charge in [-0.25, -0.2) is 8.42 Å². The lowest BCUT2D eigenvalue weighted by Crippen LogP contribution is -2.12. The first-order chi connectivity index (χ1) is 9.01. The first-order valence-electron chi connectivity index (χ1n) is 5.35. The molecule has 6 heteroatoms. The first kappa shape index (κ1) is 13.8. The maximum absolute atomic E-state index is 12.1. The van der Waals surface area contributed by atoms with Crippen LogP contribution in [-0.2, 0) is 10.0 Å². The highest BCUT2D eigenvalue weighted by atomic mass is 79.9. The van der Waals surface area contributed by atoms with E-state index >= 15 is 0 Å². The molecule has 0 bridgehead atoms. The number of carbonyl (C=O) groups is 1. The summed E-state index contributed by atoms with van der Waals surface area (Å²) < 4.78 is 27.4. The average molecular weight is 340 g/mol. The third-order valence-electron chi connectivity index (χ3n) is 2.40. The normalized spacial score (nSPS) is 11.0. The van der Waals surface area contributed by atoms with Crippen LogP contribution in [0.4, 0.5) is 5.69 Å². The zero-order valence-corrected chi connectivity index (χ0v) is 12.1. The molecule has 0 radical (unpaired) electrons. The third kappa shape index (κ3) is 3.42. The number of rotatable bonds is 4. The Balaban J connectivity index is 2.30. The average Bonchev–Trinajstić information content (AvgIpc) is 2.39. The van der Waals surface area contributed by atoms with Gasteiger partial charge in [0.15, 0.2) is 0 Å². The second kappa shape index (κ2) is 5.54. The molecule has 2 aromatic carbocycles. The molecule has 2 aromatic rings. The fourth-order valence-corrected chi connectivity index (χ4v) is 2.82. The zero-order valence-electron chi connectivity index (χ0n) is 9.71. The number of benzene rings is 2. The highest BCUT2D eigenvalue weighted by Gasteiger charge is 2.13. The summed E-state index contributed by atoms with van der Waals surface area (Å²) in [6.07, 6.45) is 0.664. The summed E-state index contributed by atoms with van der Waals surface area (Å²) in [5.41, 5.74) is 0.767. The van der Waals surface area contributed by atoms with Gasteiger partial charge in [0.25, 0.3) is 10.0 Å². The zero-order chi connectivity index (χ0) is 13.9. The molecule has 0 aromatic heterocycles. The van der Waals surface area contributed by atoms with E-state index in [4.69, 9.17) is 0 Å². The van der Waals surface area contributed by atoms with Crippen LogP contribution in [0.25, 0.3) is 0 Å². The Morgan fingerprint density at radius 3 is 2.37 bits per heavy atom. The fraction of sp³-hybridized carbons (Fsp3) is 0. The van der Waals surface area contributed by atoms with Gasteiger partial charge in [-0.3, -0.25) is 9.52 Å². The van der Waals surface area contributed by atoms with Gasteiger partial charge in [0.2, 0.25) is 0 Å². The van der Waals surface area contributed by atoms with Crippen molar-refractivity contribution in [3.05, 3.63) is 58.6 Å². The second-order valence-electron chi connectivity index (χ2n) is 3.80. The number of nitrogens with one attached hydrogen (secondary N) is 1. The highest BCUT2D eigenvalue weighted by molar-refractivity contribution is 9.10. The molecule has 0 atom stereocenters. The topological polar surface area (TPSA) is 63.2 Å². The van der Waals surface area contributed by atoms with Gasteiger partial charge in [-0.1, -0.05) is 28.1 Å². The largest absolute Gasteiger partial charge is 0.298 e. The summed E-state index contributed by atoms with van der Waals surface area (Å²) in [5, 5.41) is 0. The maximum Gasteiger partial charge on any atom is 0.261 e. The Bertz CT molecular complexity index is 696. The molecule has 98 valence electrons. The number of hydrogen-bond acceptors (Lipinski definition) is 3. The monoisotopic (exact) mass is 339 g/mol. The molecule has 0 unspecified atom stereocenters. The molecule has 1 N–H and O–H groups in total. The van der Waals surface area contributed by atoms with Crippen LogP contribution in [0.15, 0.2) is 57.9 Å². The van der Waals surface area contributed by atoms with Crippen LogP contribution in [0.1, 0.15) is 10.4 Å². The predicted octanol–water partition coefficient (Wildman–Crippen LogP) is 3.06. The lowest BCUT2D eigenvalue weighted by Gasteiger charge is -2.08. The number of carbonyl (C=O) groups excluding carboxylic acids is 1. The molecular formula is C13H10BrNO3S. The van der Waals surface area contributed by atoms with E-state index in [2.05, 4.69) is 20.7 Å². The quantitative estimate of drug-likeness (QED) is 0.870.